The van der Waals surface area contributed by atoms with E-state index in [9.17, 15) is 0 Å². The third kappa shape index (κ3) is 4.20. The first-order valence-corrected chi connectivity index (χ1v) is 6.75. The molecule has 0 aromatic heterocycles. The van der Waals surface area contributed by atoms with Gasteiger partial charge in [0.25, 0.3) is 0 Å². The van der Waals surface area contributed by atoms with Gasteiger partial charge >= 0.3 is 0 Å². The standard InChI is InChI=1S/C13H18ClNS/c1-10(8-14)9-16-13-6-4-12(5-7-13)11(2)15-3/h4-8,11,15H,9H2,1-3H3/b10-8+. The van der Waals surface area contributed by atoms with Crippen molar-refractivity contribution in [2.24, 2.45) is 0 Å². The van der Waals surface area contributed by atoms with Crippen LogP contribution in [0.4, 0.5) is 0 Å². The van der Waals surface area contributed by atoms with Gasteiger partial charge in [-0.25, -0.2) is 0 Å². The van der Waals surface area contributed by atoms with Crippen LogP contribution in [0.3, 0.4) is 0 Å². The third-order valence-corrected chi connectivity index (χ3v) is 4.04. The summed E-state index contributed by atoms with van der Waals surface area (Å²) < 4.78 is 0. The average Bonchev–Trinajstić information content (AvgIpc) is 2.35. The second kappa shape index (κ2) is 7.00. The summed E-state index contributed by atoms with van der Waals surface area (Å²) in [5.41, 5.74) is 4.15. The Morgan fingerprint density at radius 3 is 2.56 bits per heavy atom. The lowest BCUT2D eigenvalue weighted by molar-refractivity contribution is 0.652. The monoisotopic (exact) mass is 255 g/mol. The molecule has 0 aliphatic carbocycles. The van der Waals surface area contributed by atoms with Gasteiger partial charge in [0.2, 0.25) is 0 Å². The molecule has 0 saturated carbocycles. The van der Waals surface area contributed by atoms with E-state index >= 15 is 0 Å². The predicted octanol–water partition coefficient (Wildman–Crippen LogP) is 4.20. The topological polar surface area (TPSA) is 12.0 Å². The van der Waals surface area contributed by atoms with Gasteiger partial charge in [-0.2, -0.15) is 0 Å². The summed E-state index contributed by atoms with van der Waals surface area (Å²) in [5, 5.41) is 3.23. The Labute approximate surface area is 107 Å². The summed E-state index contributed by atoms with van der Waals surface area (Å²) >= 11 is 7.43. The highest BCUT2D eigenvalue weighted by molar-refractivity contribution is 7.99. The summed E-state index contributed by atoms with van der Waals surface area (Å²) in [7, 11) is 1.97. The Hall–Kier alpha value is -0.440. The number of thioether (sulfide) groups is 1. The van der Waals surface area contributed by atoms with E-state index in [1.807, 2.05) is 25.7 Å². The number of halogens is 1. The lowest BCUT2D eigenvalue weighted by Crippen LogP contribution is -2.11. The highest BCUT2D eigenvalue weighted by Crippen LogP contribution is 2.22. The van der Waals surface area contributed by atoms with Gasteiger partial charge in [-0.3, -0.25) is 0 Å². The van der Waals surface area contributed by atoms with E-state index < -0.39 is 0 Å². The van der Waals surface area contributed by atoms with Gasteiger partial charge in [-0.15, -0.1) is 11.8 Å². The minimum Gasteiger partial charge on any atom is -0.313 e. The Morgan fingerprint density at radius 2 is 2.06 bits per heavy atom. The summed E-state index contributed by atoms with van der Waals surface area (Å²) in [4.78, 5) is 1.28. The minimum absolute atomic E-state index is 0.406. The zero-order valence-corrected chi connectivity index (χ0v) is 11.5. The van der Waals surface area contributed by atoms with E-state index in [4.69, 9.17) is 11.6 Å². The van der Waals surface area contributed by atoms with E-state index in [1.54, 1.807) is 5.54 Å². The molecular formula is C13H18ClNS. The number of hydrogen-bond donors (Lipinski definition) is 1. The molecule has 0 saturated heterocycles. The van der Waals surface area contributed by atoms with Gasteiger partial charge in [0.15, 0.2) is 0 Å². The fourth-order valence-corrected chi connectivity index (χ4v) is 2.22. The van der Waals surface area contributed by atoms with Crippen LogP contribution in [-0.4, -0.2) is 12.8 Å². The first-order valence-electron chi connectivity index (χ1n) is 5.33. The lowest BCUT2D eigenvalue weighted by Gasteiger charge is -2.10. The molecule has 1 atom stereocenters. The van der Waals surface area contributed by atoms with Gasteiger partial charge < -0.3 is 5.32 Å². The number of nitrogens with one attached hydrogen (secondary N) is 1. The molecule has 0 fully saturated rings. The number of benzene rings is 1. The fraction of sp³-hybridized carbons (Fsp3) is 0.385. The smallest absolute Gasteiger partial charge is 0.0289 e. The molecule has 88 valence electrons. The SMILES string of the molecule is CNC(C)c1ccc(SC/C(C)=C/Cl)cc1. The maximum absolute atomic E-state index is 5.62. The maximum Gasteiger partial charge on any atom is 0.0289 e. The van der Waals surface area contributed by atoms with E-state index in [-0.39, 0.29) is 0 Å². The first-order chi connectivity index (χ1) is 7.67. The Balaban J connectivity index is 2.58. The molecule has 0 radical (unpaired) electrons. The summed E-state index contributed by atoms with van der Waals surface area (Å²) in [6.45, 7) is 4.19. The van der Waals surface area contributed by atoms with Crippen LogP contribution < -0.4 is 5.32 Å². The molecule has 0 heterocycles. The van der Waals surface area contributed by atoms with Crippen molar-refractivity contribution in [2.75, 3.05) is 12.8 Å². The Kier molecular flexibility index (Phi) is 5.96. The molecule has 3 heteroatoms. The molecule has 0 aliphatic heterocycles. The molecule has 1 nitrogen and oxygen atoms in total. The number of rotatable bonds is 5. The highest BCUT2D eigenvalue weighted by atomic mass is 35.5. The quantitative estimate of drug-likeness (QED) is 0.792. The van der Waals surface area contributed by atoms with Crippen molar-refractivity contribution in [1.29, 1.82) is 0 Å². The van der Waals surface area contributed by atoms with Crippen LogP contribution in [-0.2, 0) is 0 Å². The number of hydrogen-bond acceptors (Lipinski definition) is 2. The molecule has 0 aliphatic rings. The largest absolute Gasteiger partial charge is 0.313 e. The van der Waals surface area contributed by atoms with E-state index in [2.05, 4.69) is 36.5 Å². The van der Waals surface area contributed by atoms with Crippen LogP contribution >= 0.6 is 23.4 Å². The van der Waals surface area contributed by atoms with Crippen LogP contribution in [0.15, 0.2) is 40.3 Å². The Morgan fingerprint density at radius 1 is 1.44 bits per heavy atom. The second-order valence-corrected chi connectivity index (χ2v) is 5.09. The summed E-state index contributed by atoms with van der Waals surface area (Å²) in [5.74, 6) is 0.949. The minimum atomic E-state index is 0.406. The molecule has 1 rings (SSSR count). The van der Waals surface area contributed by atoms with Gasteiger partial charge in [0, 0.05) is 22.2 Å². The third-order valence-electron chi connectivity index (χ3n) is 2.47. The molecule has 0 spiro atoms. The molecule has 16 heavy (non-hydrogen) atoms. The summed E-state index contributed by atoms with van der Waals surface area (Å²) in [6.07, 6.45) is 0. The van der Waals surface area contributed by atoms with Crippen LogP contribution in [0.25, 0.3) is 0 Å². The average molecular weight is 256 g/mol. The normalized spacial score (nSPS) is 13.9. The second-order valence-electron chi connectivity index (χ2n) is 3.82. The van der Waals surface area contributed by atoms with Crippen molar-refractivity contribution in [2.45, 2.75) is 24.8 Å². The van der Waals surface area contributed by atoms with Crippen molar-refractivity contribution in [3.05, 3.63) is 40.9 Å². The molecular weight excluding hydrogens is 238 g/mol. The zero-order valence-electron chi connectivity index (χ0n) is 9.96. The van der Waals surface area contributed by atoms with Crippen LogP contribution in [0, 0.1) is 0 Å². The predicted molar refractivity (Wildman–Crippen MR) is 74.3 cm³/mol. The van der Waals surface area contributed by atoms with Crippen molar-refractivity contribution in [3.63, 3.8) is 0 Å². The van der Waals surface area contributed by atoms with E-state index in [0.717, 1.165) is 5.75 Å². The highest BCUT2D eigenvalue weighted by Gasteiger charge is 2.02. The van der Waals surface area contributed by atoms with Crippen molar-refractivity contribution in [1.82, 2.24) is 5.32 Å². The zero-order chi connectivity index (χ0) is 12.0. The van der Waals surface area contributed by atoms with Crippen LogP contribution in [0.5, 0.6) is 0 Å². The molecule has 1 unspecified atom stereocenters. The van der Waals surface area contributed by atoms with Gasteiger partial charge in [0.1, 0.15) is 0 Å². The van der Waals surface area contributed by atoms with Gasteiger partial charge in [0.05, 0.1) is 0 Å². The summed E-state index contributed by atoms with van der Waals surface area (Å²) in [6, 6.07) is 9.07. The Bertz CT molecular complexity index is 345. The van der Waals surface area contributed by atoms with Crippen molar-refractivity contribution in [3.8, 4) is 0 Å². The maximum atomic E-state index is 5.62. The molecule has 1 N–H and O–H groups in total. The van der Waals surface area contributed by atoms with Crippen LogP contribution in [0.2, 0.25) is 0 Å². The van der Waals surface area contributed by atoms with Crippen molar-refractivity contribution < 1.29 is 0 Å². The van der Waals surface area contributed by atoms with Gasteiger partial charge in [-0.05, 0) is 38.6 Å². The van der Waals surface area contributed by atoms with Crippen LogP contribution in [0.1, 0.15) is 25.5 Å². The van der Waals surface area contributed by atoms with E-state index in [1.165, 1.54) is 16.0 Å². The van der Waals surface area contributed by atoms with E-state index in [0.29, 0.717) is 6.04 Å². The molecule has 0 bridgehead atoms. The van der Waals surface area contributed by atoms with Gasteiger partial charge in [-0.1, -0.05) is 29.3 Å². The molecule has 0 amide bonds. The molecule has 1 aromatic carbocycles. The lowest BCUT2D eigenvalue weighted by atomic mass is 10.1. The fourth-order valence-electron chi connectivity index (χ4n) is 1.25. The van der Waals surface area contributed by atoms with Crippen molar-refractivity contribution >= 4 is 23.4 Å². The first kappa shape index (κ1) is 13.6. The molecule has 1 aromatic rings.